The monoisotopic (exact) mass is 238 g/mol. The zero-order valence-electron chi connectivity index (χ0n) is 9.90. The number of amides is 1. The summed E-state index contributed by atoms with van der Waals surface area (Å²) >= 11 is 1.58. The van der Waals surface area contributed by atoms with Crippen molar-refractivity contribution >= 4 is 17.2 Å². The van der Waals surface area contributed by atoms with Crippen molar-refractivity contribution in [2.45, 2.75) is 33.1 Å². The summed E-state index contributed by atoms with van der Waals surface area (Å²) in [4.78, 5) is 18.3. The van der Waals surface area contributed by atoms with Crippen LogP contribution < -0.4 is 0 Å². The maximum absolute atomic E-state index is 12.0. The number of carbonyl (C=O) groups excluding carboxylic acids is 1. The highest BCUT2D eigenvalue weighted by Crippen LogP contribution is 2.17. The van der Waals surface area contributed by atoms with Gasteiger partial charge in [-0.05, 0) is 25.7 Å². The molecule has 1 aromatic heterocycles. The highest BCUT2D eigenvalue weighted by molar-refractivity contribution is 7.09. The Bertz CT molecular complexity index is 367. The van der Waals surface area contributed by atoms with Crippen LogP contribution in [-0.4, -0.2) is 28.9 Å². The topological polar surface area (TPSA) is 33.2 Å². The van der Waals surface area contributed by atoms with E-state index in [1.807, 2.05) is 17.2 Å². The Hall–Kier alpha value is -0.900. The van der Waals surface area contributed by atoms with Gasteiger partial charge in [0.25, 0.3) is 0 Å². The minimum Gasteiger partial charge on any atom is -0.342 e. The Labute approximate surface area is 100 Å². The number of thiazole rings is 1. The second-order valence-corrected chi connectivity index (χ2v) is 5.57. The number of piperidine rings is 1. The van der Waals surface area contributed by atoms with Gasteiger partial charge in [-0.2, -0.15) is 0 Å². The van der Waals surface area contributed by atoms with Crippen LogP contribution in [-0.2, 0) is 11.2 Å². The third-order valence-corrected chi connectivity index (χ3v) is 4.07. The van der Waals surface area contributed by atoms with E-state index < -0.39 is 0 Å². The number of hydrogen-bond donors (Lipinski definition) is 0. The van der Waals surface area contributed by atoms with Gasteiger partial charge in [-0.1, -0.05) is 6.92 Å². The van der Waals surface area contributed by atoms with E-state index in [4.69, 9.17) is 0 Å². The summed E-state index contributed by atoms with van der Waals surface area (Å²) in [5.41, 5.74) is 1.01. The average Bonchev–Trinajstić information content (AvgIpc) is 2.65. The van der Waals surface area contributed by atoms with E-state index in [2.05, 4.69) is 11.9 Å². The van der Waals surface area contributed by atoms with Crippen molar-refractivity contribution in [3.63, 3.8) is 0 Å². The summed E-state index contributed by atoms with van der Waals surface area (Å²) in [6, 6.07) is 0. The average molecular weight is 238 g/mol. The number of nitrogens with zero attached hydrogens (tertiary/aromatic N) is 2. The molecule has 2 rings (SSSR count). The molecule has 0 bridgehead atoms. The first-order valence-corrected chi connectivity index (χ1v) is 6.72. The summed E-state index contributed by atoms with van der Waals surface area (Å²) in [6.45, 7) is 6.06. The van der Waals surface area contributed by atoms with Crippen molar-refractivity contribution in [3.05, 3.63) is 16.1 Å². The van der Waals surface area contributed by atoms with Crippen molar-refractivity contribution < 1.29 is 4.79 Å². The lowest BCUT2D eigenvalue weighted by Crippen LogP contribution is -2.38. The second kappa shape index (κ2) is 4.95. The second-order valence-electron chi connectivity index (χ2n) is 4.62. The van der Waals surface area contributed by atoms with E-state index >= 15 is 0 Å². The van der Waals surface area contributed by atoms with Crippen molar-refractivity contribution in [1.29, 1.82) is 0 Å². The molecule has 0 spiro atoms. The van der Waals surface area contributed by atoms with Crippen LogP contribution in [0.15, 0.2) is 5.38 Å². The first-order valence-electron chi connectivity index (χ1n) is 5.84. The summed E-state index contributed by atoms with van der Waals surface area (Å²) in [6.07, 6.45) is 2.76. The molecule has 88 valence electrons. The zero-order chi connectivity index (χ0) is 11.5. The van der Waals surface area contributed by atoms with Gasteiger partial charge in [-0.25, -0.2) is 4.98 Å². The number of aryl methyl sites for hydroxylation is 1. The lowest BCUT2D eigenvalue weighted by atomic mass is 9.99. The molecule has 2 heterocycles. The quantitative estimate of drug-likeness (QED) is 0.791. The fraction of sp³-hybridized carbons (Fsp3) is 0.667. The molecule has 1 aliphatic rings. The lowest BCUT2D eigenvalue weighted by molar-refractivity contribution is -0.131. The van der Waals surface area contributed by atoms with Crippen LogP contribution in [0.2, 0.25) is 0 Å². The van der Waals surface area contributed by atoms with Gasteiger partial charge in [0.2, 0.25) is 5.91 Å². The molecule has 0 radical (unpaired) electrons. The molecule has 1 fully saturated rings. The Balaban J connectivity index is 1.88. The lowest BCUT2D eigenvalue weighted by Gasteiger charge is -2.30. The summed E-state index contributed by atoms with van der Waals surface area (Å²) < 4.78 is 0. The van der Waals surface area contributed by atoms with Crippen molar-refractivity contribution in [2.75, 3.05) is 13.1 Å². The maximum Gasteiger partial charge on any atom is 0.229 e. The number of likely N-dealkylation sites (tertiary alicyclic amines) is 1. The van der Waals surface area contributed by atoms with E-state index in [0.717, 1.165) is 42.6 Å². The zero-order valence-corrected chi connectivity index (χ0v) is 10.7. The molecule has 0 aromatic carbocycles. The van der Waals surface area contributed by atoms with Gasteiger partial charge in [0, 0.05) is 24.2 Å². The maximum atomic E-state index is 12.0. The van der Waals surface area contributed by atoms with Crippen molar-refractivity contribution in [2.24, 2.45) is 5.92 Å². The summed E-state index contributed by atoms with van der Waals surface area (Å²) in [7, 11) is 0. The molecule has 1 aromatic rings. The standard InChI is InChI=1S/C12H18N2OS/c1-9-3-5-14(6-4-9)12(15)7-11-13-10(2)8-16-11/h8-9H,3-7H2,1-2H3. The molecule has 0 atom stereocenters. The van der Waals surface area contributed by atoms with Crippen LogP contribution in [0.4, 0.5) is 0 Å². The molecule has 4 heteroatoms. The van der Waals surface area contributed by atoms with Crippen LogP contribution in [0.5, 0.6) is 0 Å². The van der Waals surface area contributed by atoms with Crippen LogP contribution >= 0.6 is 11.3 Å². The molecule has 0 saturated carbocycles. The van der Waals surface area contributed by atoms with Gasteiger partial charge in [-0.15, -0.1) is 11.3 Å². The van der Waals surface area contributed by atoms with Crippen molar-refractivity contribution in [1.82, 2.24) is 9.88 Å². The van der Waals surface area contributed by atoms with E-state index in [9.17, 15) is 4.79 Å². The number of carbonyl (C=O) groups is 1. The van der Waals surface area contributed by atoms with Crippen LogP contribution in [0.1, 0.15) is 30.5 Å². The molecular weight excluding hydrogens is 220 g/mol. The molecule has 0 unspecified atom stereocenters. The minimum absolute atomic E-state index is 0.237. The smallest absolute Gasteiger partial charge is 0.229 e. The number of rotatable bonds is 2. The van der Waals surface area contributed by atoms with E-state index in [1.54, 1.807) is 11.3 Å². The highest BCUT2D eigenvalue weighted by Gasteiger charge is 2.20. The van der Waals surface area contributed by atoms with Gasteiger partial charge in [0.15, 0.2) is 0 Å². The molecular formula is C12H18N2OS. The predicted molar refractivity (Wildman–Crippen MR) is 65.5 cm³/mol. The molecule has 0 N–H and O–H groups in total. The van der Waals surface area contributed by atoms with Crippen LogP contribution in [0, 0.1) is 12.8 Å². The van der Waals surface area contributed by atoms with Gasteiger partial charge in [0.1, 0.15) is 5.01 Å². The van der Waals surface area contributed by atoms with E-state index in [-0.39, 0.29) is 5.91 Å². The number of aromatic nitrogens is 1. The van der Waals surface area contributed by atoms with Gasteiger partial charge >= 0.3 is 0 Å². The first-order chi connectivity index (χ1) is 7.65. The molecule has 1 amide bonds. The van der Waals surface area contributed by atoms with E-state index in [1.165, 1.54) is 0 Å². The SMILES string of the molecule is Cc1csc(CC(=O)N2CCC(C)CC2)n1. The summed E-state index contributed by atoms with van der Waals surface area (Å²) in [5.74, 6) is 1.01. The fourth-order valence-corrected chi connectivity index (χ4v) is 2.75. The van der Waals surface area contributed by atoms with Gasteiger partial charge in [-0.3, -0.25) is 4.79 Å². The minimum atomic E-state index is 0.237. The van der Waals surface area contributed by atoms with Crippen LogP contribution in [0.3, 0.4) is 0 Å². The van der Waals surface area contributed by atoms with Crippen LogP contribution in [0.25, 0.3) is 0 Å². The Morgan fingerprint density at radius 1 is 1.56 bits per heavy atom. The van der Waals surface area contributed by atoms with Gasteiger partial charge < -0.3 is 4.90 Å². The normalized spacial score (nSPS) is 17.8. The fourth-order valence-electron chi connectivity index (χ4n) is 1.98. The largest absolute Gasteiger partial charge is 0.342 e. The third kappa shape index (κ3) is 2.82. The number of hydrogen-bond acceptors (Lipinski definition) is 3. The molecule has 1 saturated heterocycles. The predicted octanol–water partition coefficient (Wildman–Crippen LogP) is 2.25. The highest BCUT2D eigenvalue weighted by atomic mass is 32.1. The summed E-state index contributed by atoms with van der Waals surface area (Å²) in [5, 5.41) is 2.95. The third-order valence-electron chi connectivity index (χ3n) is 3.11. The molecule has 3 nitrogen and oxygen atoms in total. The Morgan fingerprint density at radius 3 is 2.81 bits per heavy atom. The molecule has 0 aliphatic carbocycles. The van der Waals surface area contributed by atoms with Crippen molar-refractivity contribution in [3.8, 4) is 0 Å². The Kier molecular flexibility index (Phi) is 3.59. The Morgan fingerprint density at radius 2 is 2.25 bits per heavy atom. The van der Waals surface area contributed by atoms with E-state index in [0.29, 0.717) is 6.42 Å². The van der Waals surface area contributed by atoms with Gasteiger partial charge in [0.05, 0.1) is 6.42 Å². The molecule has 16 heavy (non-hydrogen) atoms. The first kappa shape index (κ1) is 11.6. The molecule has 1 aliphatic heterocycles.